The first-order valence-corrected chi connectivity index (χ1v) is 7.70. The number of nitrogens with one attached hydrogen (secondary N) is 2. The third-order valence-corrected chi connectivity index (χ3v) is 4.18. The lowest BCUT2D eigenvalue weighted by Crippen LogP contribution is -2.43. The Balaban J connectivity index is 2.37. The Labute approximate surface area is 118 Å². The summed E-state index contributed by atoms with van der Waals surface area (Å²) in [5, 5.41) is 6.88. The van der Waals surface area contributed by atoms with Gasteiger partial charge in [0.1, 0.15) is 0 Å². The summed E-state index contributed by atoms with van der Waals surface area (Å²) < 4.78 is 5.27. The van der Waals surface area contributed by atoms with Gasteiger partial charge in [0.05, 0.1) is 0 Å². The minimum Gasteiger partial charge on any atom is -0.385 e. The molecule has 4 heteroatoms. The van der Waals surface area contributed by atoms with Crippen LogP contribution < -0.4 is 10.6 Å². The van der Waals surface area contributed by atoms with Gasteiger partial charge in [-0.05, 0) is 31.1 Å². The quantitative estimate of drug-likeness (QED) is 0.404. The molecule has 1 aliphatic rings. The molecule has 19 heavy (non-hydrogen) atoms. The van der Waals surface area contributed by atoms with Crippen molar-refractivity contribution in [3.05, 3.63) is 0 Å². The fourth-order valence-electron chi connectivity index (χ4n) is 2.83. The van der Waals surface area contributed by atoms with Gasteiger partial charge < -0.3 is 15.4 Å². The van der Waals surface area contributed by atoms with E-state index in [0.717, 1.165) is 32.1 Å². The lowest BCUT2D eigenvalue weighted by atomic mass is 9.83. The SMILES string of the molecule is CCCCNC(=NC)NCC1(CCOC)CCCC1. The van der Waals surface area contributed by atoms with Crippen molar-refractivity contribution in [3.8, 4) is 0 Å². The molecule has 0 amide bonds. The number of rotatable bonds is 8. The van der Waals surface area contributed by atoms with Crippen LogP contribution in [-0.4, -0.2) is 39.8 Å². The topological polar surface area (TPSA) is 45.7 Å². The van der Waals surface area contributed by atoms with E-state index in [2.05, 4.69) is 22.5 Å². The second-order valence-corrected chi connectivity index (χ2v) is 5.66. The van der Waals surface area contributed by atoms with Crippen molar-refractivity contribution in [2.45, 2.75) is 51.9 Å². The zero-order valence-corrected chi connectivity index (χ0v) is 12.9. The van der Waals surface area contributed by atoms with Crippen LogP contribution in [0.1, 0.15) is 51.9 Å². The highest BCUT2D eigenvalue weighted by molar-refractivity contribution is 5.79. The summed E-state index contributed by atoms with van der Waals surface area (Å²) in [5.74, 6) is 0.942. The maximum absolute atomic E-state index is 5.27. The number of unbranched alkanes of at least 4 members (excludes halogenated alkanes) is 1. The van der Waals surface area contributed by atoms with Crippen molar-refractivity contribution in [3.63, 3.8) is 0 Å². The molecule has 0 aliphatic heterocycles. The molecule has 1 saturated carbocycles. The molecule has 0 unspecified atom stereocenters. The lowest BCUT2D eigenvalue weighted by Gasteiger charge is -2.29. The van der Waals surface area contributed by atoms with Crippen molar-refractivity contribution in [1.29, 1.82) is 0 Å². The molecule has 2 N–H and O–H groups in total. The monoisotopic (exact) mass is 269 g/mol. The van der Waals surface area contributed by atoms with Gasteiger partial charge in [0, 0.05) is 33.9 Å². The molecule has 1 rings (SSSR count). The van der Waals surface area contributed by atoms with E-state index in [1.54, 1.807) is 7.11 Å². The van der Waals surface area contributed by atoms with E-state index in [-0.39, 0.29) is 0 Å². The zero-order chi connectivity index (χ0) is 14.0. The summed E-state index contributed by atoms with van der Waals surface area (Å²) in [4.78, 5) is 4.30. The average Bonchev–Trinajstić information content (AvgIpc) is 2.90. The molecule has 0 saturated heterocycles. The van der Waals surface area contributed by atoms with Crippen LogP contribution >= 0.6 is 0 Å². The normalized spacial score (nSPS) is 18.6. The van der Waals surface area contributed by atoms with Crippen LogP contribution in [0, 0.1) is 5.41 Å². The molecule has 0 radical (unpaired) electrons. The van der Waals surface area contributed by atoms with Crippen molar-refractivity contribution in [2.24, 2.45) is 10.4 Å². The Hall–Kier alpha value is -0.770. The fraction of sp³-hybridized carbons (Fsp3) is 0.933. The summed E-state index contributed by atoms with van der Waals surface area (Å²) in [6, 6.07) is 0. The zero-order valence-electron chi connectivity index (χ0n) is 12.9. The van der Waals surface area contributed by atoms with Crippen LogP contribution in [0.15, 0.2) is 4.99 Å². The van der Waals surface area contributed by atoms with Crippen molar-refractivity contribution < 1.29 is 4.74 Å². The predicted molar refractivity (Wildman–Crippen MR) is 81.7 cm³/mol. The second kappa shape index (κ2) is 9.18. The summed E-state index contributed by atoms with van der Waals surface area (Å²) in [7, 11) is 3.64. The van der Waals surface area contributed by atoms with E-state index in [1.165, 1.54) is 38.5 Å². The molecule has 0 bridgehead atoms. The van der Waals surface area contributed by atoms with Crippen LogP contribution in [0.25, 0.3) is 0 Å². The number of guanidine groups is 1. The molecule has 0 atom stereocenters. The maximum Gasteiger partial charge on any atom is 0.190 e. The molecule has 1 aliphatic carbocycles. The molecule has 1 fully saturated rings. The first kappa shape index (κ1) is 16.3. The van der Waals surface area contributed by atoms with Crippen LogP contribution in [-0.2, 0) is 4.74 Å². The third kappa shape index (κ3) is 5.81. The van der Waals surface area contributed by atoms with E-state index in [9.17, 15) is 0 Å². The van der Waals surface area contributed by atoms with Crippen molar-refractivity contribution in [1.82, 2.24) is 10.6 Å². The fourth-order valence-corrected chi connectivity index (χ4v) is 2.83. The molecule has 0 aromatic rings. The highest BCUT2D eigenvalue weighted by Gasteiger charge is 2.33. The summed E-state index contributed by atoms with van der Waals surface area (Å²) >= 11 is 0. The molecule has 0 heterocycles. The van der Waals surface area contributed by atoms with Gasteiger partial charge in [-0.25, -0.2) is 0 Å². The molecular weight excluding hydrogens is 238 g/mol. The molecule has 0 aromatic carbocycles. The van der Waals surface area contributed by atoms with Crippen LogP contribution in [0.5, 0.6) is 0 Å². The highest BCUT2D eigenvalue weighted by atomic mass is 16.5. The minimum atomic E-state index is 0.415. The van der Waals surface area contributed by atoms with Gasteiger partial charge in [0.25, 0.3) is 0 Å². The number of hydrogen-bond donors (Lipinski definition) is 2. The predicted octanol–water partition coefficient (Wildman–Crippen LogP) is 2.55. The van der Waals surface area contributed by atoms with Crippen molar-refractivity contribution >= 4 is 5.96 Å². The average molecular weight is 269 g/mol. The number of ether oxygens (including phenoxy) is 1. The Morgan fingerprint density at radius 1 is 1.26 bits per heavy atom. The summed E-state index contributed by atoms with van der Waals surface area (Å²) in [5.41, 5.74) is 0.415. The van der Waals surface area contributed by atoms with E-state index < -0.39 is 0 Å². The Morgan fingerprint density at radius 2 is 2.00 bits per heavy atom. The van der Waals surface area contributed by atoms with Gasteiger partial charge in [0.15, 0.2) is 5.96 Å². The highest BCUT2D eigenvalue weighted by Crippen LogP contribution is 2.40. The standard InChI is InChI=1S/C15H31N3O/c1-4-5-11-17-14(16-2)18-13-15(10-12-19-3)8-6-7-9-15/h4-13H2,1-3H3,(H2,16,17,18). The molecule has 0 aromatic heterocycles. The van der Waals surface area contributed by atoms with Crippen LogP contribution in [0.4, 0.5) is 0 Å². The summed E-state index contributed by atoms with van der Waals surface area (Å²) in [6.45, 7) is 5.09. The number of nitrogens with zero attached hydrogens (tertiary/aromatic N) is 1. The molecule has 0 spiro atoms. The van der Waals surface area contributed by atoms with E-state index in [4.69, 9.17) is 4.74 Å². The largest absolute Gasteiger partial charge is 0.385 e. The van der Waals surface area contributed by atoms with E-state index in [1.807, 2.05) is 7.05 Å². The van der Waals surface area contributed by atoms with Crippen molar-refractivity contribution in [2.75, 3.05) is 33.9 Å². The minimum absolute atomic E-state index is 0.415. The van der Waals surface area contributed by atoms with Gasteiger partial charge in [-0.15, -0.1) is 0 Å². The molecule has 4 nitrogen and oxygen atoms in total. The van der Waals surface area contributed by atoms with Gasteiger partial charge >= 0.3 is 0 Å². The Morgan fingerprint density at radius 3 is 2.58 bits per heavy atom. The smallest absolute Gasteiger partial charge is 0.190 e. The van der Waals surface area contributed by atoms with Gasteiger partial charge in [-0.3, -0.25) is 4.99 Å². The Bertz CT molecular complexity index is 260. The molecule has 112 valence electrons. The lowest BCUT2D eigenvalue weighted by molar-refractivity contribution is 0.138. The van der Waals surface area contributed by atoms with Gasteiger partial charge in [-0.1, -0.05) is 26.2 Å². The first-order chi connectivity index (χ1) is 9.26. The number of aliphatic imine (C=N–C) groups is 1. The maximum atomic E-state index is 5.27. The van der Waals surface area contributed by atoms with Crippen LogP contribution in [0.3, 0.4) is 0 Å². The summed E-state index contributed by atoms with van der Waals surface area (Å²) in [6.07, 6.45) is 8.89. The van der Waals surface area contributed by atoms with Gasteiger partial charge in [-0.2, -0.15) is 0 Å². The number of hydrogen-bond acceptors (Lipinski definition) is 2. The molecular formula is C15H31N3O. The number of methoxy groups -OCH3 is 1. The van der Waals surface area contributed by atoms with Gasteiger partial charge in [0.2, 0.25) is 0 Å². The first-order valence-electron chi connectivity index (χ1n) is 7.70. The Kier molecular flexibility index (Phi) is 7.87. The van der Waals surface area contributed by atoms with E-state index >= 15 is 0 Å². The van der Waals surface area contributed by atoms with E-state index in [0.29, 0.717) is 5.41 Å². The second-order valence-electron chi connectivity index (χ2n) is 5.66. The van der Waals surface area contributed by atoms with Crippen LogP contribution in [0.2, 0.25) is 0 Å². The third-order valence-electron chi connectivity index (χ3n) is 4.18.